The van der Waals surface area contributed by atoms with Gasteiger partial charge in [-0.2, -0.15) is 0 Å². The topological polar surface area (TPSA) is 66.6 Å². The molecule has 0 aliphatic rings. The first-order chi connectivity index (χ1) is 6.24. The zero-order valence-electron chi connectivity index (χ0n) is 7.13. The van der Waals surface area contributed by atoms with Crippen LogP contribution in [0.1, 0.15) is 0 Å². The summed E-state index contributed by atoms with van der Waals surface area (Å²) in [6, 6.07) is 9.15. The number of aldehydes is 1. The fraction of sp³-hybridized carbons (Fsp3) is 0.222. The van der Waals surface area contributed by atoms with Gasteiger partial charge < -0.3 is 14.9 Å². The van der Waals surface area contributed by atoms with E-state index in [1.54, 1.807) is 12.1 Å². The van der Waals surface area contributed by atoms with E-state index in [-0.39, 0.29) is 6.54 Å². The molecule has 0 saturated heterocycles. The van der Waals surface area contributed by atoms with Crippen molar-refractivity contribution < 1.29 is 9.90 Å². The molecule has 1 aromatic rings. The first-order valence-electron chi connectivity index (χ1n) is 3.94. The number of nitrogens with zero attached hydrogens (tertiary/aromatic N) is 1. The Hall–Kier alpha value is -1.39. The van der Waals surface area contributed by atoms with E-state index in [0.717, 1.165) is 5.69 Å². The van der Waals surface area contributed by atoms with Crippen LogP contribution in [0.15, 0.2) is 30.3 Å². The summed E-state index contributed by atoms with van der Waals surface area (Å²) in [5.41, 5.74) is 0.767. The summed E-state index contributed by atoms with van der Waals surface area (Å²) >= 11 is 0. The van der Waals surface area contributed by atoms with Crippen LogP contribution in [0.5, 0.6) is 0 Å². The predicted molar refractivity (Wildman–Crippen MR) is 50.0 cm³/mol. The standard InChI is InChI=1S/C9H12N2O2/c10-11(6-9(13)7-12)8-4-2-1-3-5-8/h1-5,7,9,13H,6,10H2. The summed E-state index contributed by atoms with van der Waals surface area (Å²) in [4.78, 5) is 10.1. The fourth-order valence-corrected chi connectivity index (χ4v) is 0.969. The van der Waals surface area contributed by atoms with Gasteiger partial charge in [0.15, 0.2) is 0 Å². The summed E-state index contributed by atoms with van der Waals surface area (Å²) in [6.07, 6.45) is -0.576. The van der Waals surface area contributed by atoms with Gasteiger partial charge in [-0.25, -0.2) is 5.84 Å². The number of hydrogen-bond acceptors (Lipinski definition) is 4. The average Bonchev–Trinajstić information content (AvgIpc) is 2.19. The summed E-state index contributed by atoms with van der Waals surface area (Å²) < 4.78 is 0. The van der Waals surface area contributed by atoms with Gasteiger partial charge in [-0.3, -0.25) is 0 Å². The zero-order chi connectivity index (χ0) is 9.68. The molecule has 1 rings (SSSR count). The van der Waals surface area contributed by atoms with Gasteiger partial charge in [-0.15, -0.1) is 0 Å². The molecule has 0 aromatic heterocycles. The Morgan fingerprint density at radius 2 is 2.08 bits per heavy atom. The first kappa shape index (κ1) is 9.70. The molecule has 13 heavy (non-hydrogen) atoms. The molecule has 0 amide bonds. The van der Waals surface area contributed by atoms with Crippen molar-refractivity contribution in [1.82, 2.24) is 0 Å². The van der Waals surface area contributed by atoms with Crippen LogP contribution in [-0.4, -0.2) is 24.0 Å². The molecule has 1 aromatic carbocycles. The lowest BCUT2D eigenvalue weighted by molar-refractivity contribution is -0.114. The molecule has 70 valence electrons. The maximum absolute atomic E-state index is 10.1. The Bertz CT molecular complexity index is 264. The number of hydrazine groups is 1. The zero-order valence-corrected chi connectivity index (χ0v) is 7.13. The summed E-state index contributed by atoms with van der Waals surface area (Å²) in [5, 5.41) is 10.3. The van der Waals surface area contributed by atoms with Crippen molar-refractivity contribution in [3.63, 3.8) is 0 Å². The molecule has 0 saturated carbocycles. The minimum atomic E-state index is -1.04. The van der Waals surface area contributed by atoms with Crippen LogP contribution >= 0.6 is 0 Å². The molecule has 0 spiro atoms. The molecule has 0 aliphatic heterocycles. The number of carbonyl (C=O) groups excluding carboxylic acids is 1. The van der Waals surface area contributed by atoms with E-state index in [9.17, 15) is 4.79 Å². The number of nitrogens with two attached hydrogens (primary N) is 1. The highest BCUT2D eigenvalue weighted by molar-refractivity contribution is 5.57. The number of para-hydroxylation sites is 1. The quantitative estimate of drug-likeness (QED) is 0.386. The molecule has 0 heterocycles. The largest absolute Gasteiger partial charge is 0.384 e. The van der Waals surface area contributed by atoms with Gasteiger partial charge in [0.2, 0.25) is 0 Å². The van der Waals surface area contributed by atoms with E-state index in [2.05, 4.69) is 0 Å². The lowest BCUT2D eigenvalue weighted by Crippen LogP contribution is -2.38. The second kappa shape index (κ2) is 4.59. The lowest BCUT2D eigenvalue weighted by atomic mass is 10.3. The molecular weight excluding hydrogens is 168 g/mol. The molecule has 3 N–H and O–H groups in total. The summed E-state index contributed by atoms with van der Waals surface area (Å²) in [6.45, 7) is 0.105. The van der Waals surface area contributed by atoms with Crippen LogP contribution in [0.3, 0.4) is 0 Å². The maximum Gasteiger partial charge on any atom is 0.150 e. The highest BCUT2D eigenvalue weighted by atomic mass is 16.3. The smallest absolute Gasteiger partial charge is 0.150 e. The van der Waals surface area contributed by atoms with Crippen molar-refractivity contribution in [1.29, 1.82) is 0 Å². The van der Waals surface area contributed by atoms with E-state index >= 15 is 0 Å². The minimum absolute atomic E-state index is 0.105. The Balaban J connectivity index is 2.58. The molecule has 0 radical (unpaired) electrons. The van der Waals surface area contributed by atoms with Crippen LogP contribution in [0.4, 0.5) is 5.69 Å². The first-order valence-corrected chi connectivity index (χ1v) is 3.94. The molecular formula is C9H12N2O2. The van der Waals surface area contributed by atoms with Crippen LogP contribution in [0, 0.1) is 0 Å². The number of benzene rings is 1. The van der Waals surface area contributed by atoms with Gasteiger partial charge in [0.25, 0.3) is 0 Å². The number of aliphatic hydroxyl groups is 1. The van der Waals surface area contributed by atoms with Crippen LogP contribution < -0.4 is 10.9 Å². The Morgan fingerprint density at radius 3 is 2.62 bits per heavy atom. The van der Waals surface area contributed by atoms with Crippen molar-refractivity contribution in [3.8, 4) is 0 Å². The van der Waals surface area contributed by atoms with Crippen molar-refractivity contribution in [2.45, 2.75) is 6.10 Å². The molecule has 1 unspecified atom stereocenters. The van der Waals surface area contributed by atoms with Crippen LogP contribution in [0.2, 0.25) is 0 Å². The molecule has 4 nitrogen and oxygen atoms in total. The minimum Gasteiger partial charge on any atom is -0.384 e. The third-order valence-corrected chi connectivity index (χ3v) is 1.63. The molecule has 1 atom stereocenters. The number of hydrogen-bond donors (Lipinski definition) is 2. The van der Waals surface area contributed by atoms with Crippen molar-refractivity contribution in [2.24, 2.45) is 5.84 Å². The highest BCUT2D eigenvalue weighted by Gasteiger charge is 2.06. The van der Waals surface area contributed by atoms with Gasteiger partial charge in [0, 0.05) is 0 Å². The van der Waals surface area contributed by atoms with E-state index in [1.165, 1.54) is 5.01 Å². The van der Waals surface area contributed by atoms with Crippen molar-refractivity contribution in [3.05, 3.63) is 30.3 Å². The molecule has 0 fully saturated rings. The van der Waals surface area contributed by atoms with Gasteiger partial charge >= 0.3 is 0 Å². The van der Waals surface area contributed by atoms with Gasteiger partial charge in [-0.05, 0) is 12.1 Å². The summed E-state index contributed by atoms with van der Waals surface area (Å²) in [5.74, 6) is 5.59. The van der Waals surface area contributed by atoms with Gasteiger partial charge in [0.05, 0.1) is 12.2 Å². The normalized spacial score (nSPS) is 12.2. The number of carbonyl (C=O) groups is 1. The molecule has 0 aliphatic carbocycles. The summed E-state index contributed by atoms with van der Waals surface area (Å²) in [7, 11) is 0. The average molecular weight is 180 g/mol. The second-order valence-corrected chi connectivity index (χ2v) is 2.69. The fourth-order valence-electron chi connectivity index (χ4n) is 0.969. The van der Waals surface area contributed by atoms with E-state index in [0.29, 0.717) is 6.29 Å². The lowest BCUT2D eigenvalue weighted by Gasteiger charge is -2.19. The maximum atomic E-state index is 10.1. The van der Waals surface area contributed by atoms with E-state index in [1.807, 2.05) is 18.2 Å². The van der Waals surface area contributed by atoms with Gasteiger partial charge in [0.1, 0.15) is 12.4 Å². The van der Waals surface area contributed by atoms with Crippen molar-refractivity contribution in [2.75, 3.05) is 11.6 Å². The monoisotopic (exact) mass is 180 g/mol. The number of aliphatic hydroxyl groups excluding tert-OH is 1. The van der Waals surface area contributed by atoms with E-state index < -0.39 is 6.10 Å². The Labute approximate surface area is 76.6 Å². The predicted octanol–water partition coefficient (Wildman–Crippen LogP) is -0.0735. The Morgan fingerprint density at radius 1 is 1.46 bits per heavy atom. The van der Waals surface area contributed by atoms with Crippen LogP contribution in [0.25, 0.3) is 0 Å². The van der Waals surface area contributed by atoms with Crippen molar-refractivity contribution >= 4 is 12.0 Å². The molecule has 0 bridgehead atoms. The molecule has 4 heteroatoms. The Kier molecular flexibility index (Phi) is 3.42. The second-order valence-electron chi connectivity index (χ2n) is 2.69. The van der Waals surface area contributed by atoms with E-state index in [4.69, 9.17) is 10.9 Å². The van der Waals surface area contributed by atoms with Gasteiger partial charge in [-0.1, -0.05) is 18.2 Å². The number of anilines is 1. The number of rotatable bonds is 4. The highest BCUT2D eigenvalue weighted by Crippen LogP contribution is 2.08. The van der Waals surface area contributed by atoms with Crippen LogP contribution in [-0.2, 0) is 4.79 Å². The third-order valence-electron chi connectivity index (χ3n) is 1.63. The SMILES string of the molecule is NN(CC(O)C=O)c1ccccc1. The third kappa shape index (κ3) is 2.85.